The highest BCUT2D eigenvalue weighted by molar-refractivity contribution is 6.04. The molecule has 0 aliphatic carbocycles. The normalized spacial score (nSPS) is 17.3. The summed E-state index contributed by atoms with van der Waals surface area (Å²) in [7, 11) is 0. The van der Waals surface area contributed by atoms with Crippen LogP contribution in [-0.2, 0) is 0 Å². The van der Waals surface area contributed by atoms with Crippen molar-refractivity contribution in [2.24, 2.45) is 5.92 Å². The van der Waals surface area contributed by atoms with Gasteiger partial charge in [0.25, 0.3) is 11.5 Å². The van der Waals surface area contributed by atoms with Crippen LogP contribution in [0.25, 0.3) is 16.5 Å². The molecule has 1 aliphatic rings. The third-order valence-corrected chi connectivity index (χ3v) is 5.48. The largest absolute Gasteiger partial charge is 0.349 e. The zero-order valence-corrected chi connectivity index (χ0v) is 16.7. The van der Waals surface area contributed by atoms with E-state index in [1.165, 1.54) is 17.5 Å². The van der Waals surface area contributed by atoms with Crippen molar-refractivity contribution >= 4 is 16.7 Å². The number of likely N-dealkylation sites (tertiary alicyclic amines) is 1. The van der Waals surface area contributed by atoms with Gasteiger partial charge in [0.1, 0.15) is 0 Å². The average molecular weight is 390 g/mol. The van der Waals surface area contributed by atoms with Crippen molar-refractivity contribution in [2.75, 3.05) is 26.2 Å². The Labute approximate surface area is 170 Å². The van der Waals surface area contributed by atoms with E-state index >= 15 is 0 Å². The third kappa shape index (κ3) is 4.22. The number of benzene rings is 2. The predicted molar refractivity (Wildman–Crippen MR) is 115 cm³/mol. The van der Waals surface area contributed by atoms with E-state index in [9.17, 15) is 9.59 Å². The van der Waals surface area contributed by atoms with Crippen molar-refractivity contribution in [1.29, 1.82) is 0 Å². The number of aromatic nitrogens is 2. The Balaban J connectivity index is 1.60. The first-order chi connectivity index (χ1) is 14.1. The van der Waals surface area contributed by atoms with Crippen LogP contribution in [0.1, 0.15) is 30.3 Å². The molecule has 0 spiro atoms. The molecule has 0 radical (unpaired) electrons. The fourth-order valence-corrected chi connectivity index (χ4v) is 4.00. The molecule has 1 saturated heterocycles. The van der Waals surface area contributed by atoms with Gasteiger partial charge in [-0.1, -0.05) is 43.3 Å². The number of hydrogen-bond acceptors (Lipinski definition) is 4. The summed E-state index contributed by atoms with van der Waals surface area (Å²) < 4.78 is 1.31. The number of rotatable bonds is 5. The molecule has 1 N–H and O–H groups in total. The smallest absolute Gasteiger partial charge is 0.279 e. The fourth-order valence-electron chi connectivity index (χ4n) is 4.00. The van der Waals surface area contributed by atoms with Crippen LogP contribution < -0.4 is 10.9 Å². The standard InChI is InChI=1S/C23H26N4O2/c1-17-8-7-14-26(16-17)15-13-24-22(28)21-19-11-5-6-12-20(19)23(29)27(25-21)18-9-3-2-4-10-18/h2-6,9-12,17H,7-8,13-16H2,1H3,(H,24,28)/t17-/m0/s1. The molecule has 6 heteroatoms. The number of fused-ring (bicyclic) bond motifs is 1. The topological polar surface area (TPSA) is 67.2 Å². The van der Waals surface area contributed by atoms with Crippen LogP contribution in [0, 0.1) is 5.92 Å². The summed E-state index contributed by atoms with van der Waals surface area (Å²) in [4.78, 5) is 28.3. The predicted octanol–water partition coefficient (Wildman–Crippen LogP) is 2.85. The van der Waals surface area contributed by atoms with Crippen molar-refractivity contribution in [1.82, 2.24) is 20.0 Å². The number of amides is 1. The first-order valence-electron chi connectivity index (χ1n) is 10.2. The molecule has 29 heavy (non-hydrogen) atoms. The summed E-state index contributed by atoms with van der Waals surface area (Å²) >= 11 is 0. The van der Waals surface area contributed by atoms with Gasteiger partial charge >= 0.3 is 0 Å². The Morgan fingerprint density at radius 3 is 2.59 bits per heavy atom. The molecule has 1 aromatic heterocycles. The monoisotopic (exact) mass is 390 g/mol. The van der Waals surface area contributed by atoms with Gasteiger partial charge in [-0.15, -0.1) is 0 Å². The van der Waals surface area contributed by atoms with E-state index < -0.39 is 0 Å². The number of para-hydroxylation sites is 1. The Kier molecular flexibility index (Phi) is 5.71. The van der Waals surface area contributed by atoms with Gasteiger partial charge in [-0.3, -0.25) is 9.59 Å². The number of nitrogens with zero attached hydrogens (tertiary/aromatic N) is 3. The quantitative estimate of drug-likeness (QED) is 0.727. The molecule has 4 rings (SSSR count). The van der Waals surface area contributed by atoms with Gasteiger partial charge in [0.05, 0.1) is 11.1 Å². The molecule has 150 valence electrons. The molecular formula is C23H26N4O2. The summed E-state index contributed by atoms with van der Waals surface area (Å²) in [5.41, 5.74) is 0.682. The summed E-state index contributed by atoms with van der Waals surface area (Å²) in [6.45, 7) is 5.82. The van der Waals surface area contributed by atoms with E-state index in [1.54, 1.807) is 18.2 Å². The molecule has 0 bridgehead atoms. The van der Waals surface area contributed by atoms with Crippen LogP contribution in [0.3, 0.4) is 0 Å². The molecule has 1 amide bonds. The molecule has 1 fully saturated rings. The minimum atomic E-state index is -0.254. The van der Waals surface area contributed by atoms with Gasteiger partial charge in [-0.2, -0.15) is 9.78 Å². The number of nitrogens with one attached hydrogen (secondary N) is 1. The van der Waals surface area contributed by atoms with Crippen LogP contribution in [-0.4, -0.2) is 46.8 Å². The lowest BCUT2D eigenvalue weighted by Crippen LogP contribution is -2.40. The van der Waals surface area contributed by atoms with Crippen LogP contribution >= 0.6 is 0 Å². The van der Waals surface area contributed by atoms with E-state index in [1.807, 2.05) is 36.4 Å². The summed E-state index contributed by atoms with van der Waals surface area (Å²) in [5.74, 6) is 0.454. The summed E-state index contributed by atoms with van der Waals surface area (Å²) in [6, 6.07) is 16.3. The minimum absolute atomic E-state index is 0.231. The molecule has 2 aromatic carbocycles. The van der Waals surface area contributed by atoms with Crippen molar-refractivity contribution in [3.05, 3.63) is 70.6 Å². The van der Waals surface area contributed by atoms with Gasteiger partial charge in [0.2, 0.25) is 0 Å². The second-order valence-electron chi connectivity index (χ2n) is 7.75. The lowest BCUT2D eigenvalue weighted by molar-refractivity contribution is 0.0939. The van der Waals surface area contributed by atoms with Crippen molar-refractivity contribution in [3.8, 4) is 5.69 Å². The van der Waals surface area contributed by atoms with E-state index in [0.29, 0.717) is 28.9 Å². The Morgan fingerprint density at radius 1 is 1.10 bits per heavy atom. The van der Waals surface area contributed by atoms with E-state index in [-0.39, 0.29) is 17.2 Å². The highest BCUT2D eigenvalue weighted by Gasteiger charge is 2.19. The molecule has 3 aromatic rings. The Bertz CT molecular complexity index is 1060. The van der Waals surface area contributed by atoms with E-state index in [0.717, 1.165) is 19.6 Å². The number of carbonyl (C=O) groups is 1. The van der Waals surface area contributed by atoms with Crippen molar-refractivity contribution in [2.45, 2.75) is 19.8 Å². The van der Waals surface area contributed by atoms with Gasteiger partial charge in [0.15, 0.2) is 5.69 Å². The summed E-state index contributed by atoms with van der Waals surface area (Å²) in [5, 5.41) is 8.48. The van der Waals surface area contributed by atoms with Crippen LogP contribution in [0.2, 0.25) is 0 Å². The zero-order valence-electron chi connectivity index (χ0n) is 16.7. The lowest BCUT2D eigenvalue weighted by atomic mass is 10.0. The molecule has 1 aliphatic heterocycles. The second kappa shape index (κ2) is 8.57. The number of hydrogen-bond donors (Lipinski definition) is 1. The van der Waals surface area contributed by atoms with Gasteiger partial charge in [-0.05, 0) is 43.5 Å². The molecular weight excluding hydrogens is 364 g/mol. The first-order valence-corrected chi connectivity index (χ1v) is 10.2. The molecule has 6 nitrogen and oxygen atoms in total. The second-order valence-corrected chi connectivity index (χ2v) is 7.75. The van der Waals surface area contributed by atoms with Crippen LogP contribution in [0.4, 0.5) is 0 Å². The Morgan fingerprint density at radius 2 is 1.83 bits per heavy atom. The highest BCUT2D eigenvalue weighted by atomic mass is 16.2. The van der Waals surface area contributed by atoms with Gasteiger partial charge in [0, 0.05) is 25.0 Å². The molecule has 2 heterocycles. The maximum Gasteiger partial charge on any atom is 0.279 e. The van der Waals surface area contributed by atoms with Crippen LogP contribution in [0.15, 0.2) is 59.4 Å². The highest BCUT2D eigenvalue weighted by Crippen LogP contribution is 2.16. The van der Waals surface area contributed by atoms with Gasteiger partial charge < -0.3 is 10.2 Å². The Hall–Kier alpha value is -2.99. The maximum atomic E-state index is 13.0. The molecule has 1 atom stereocenters. The zero-order chi connectivity index (χ0) is 20.2. The minimum Gasteiger partial charge on any atom is -0.349 e. The SMILES string of the molecule is C[C@H]1CCCN(CCNC(=O)c2nn(-c3ccccc3)c(=O)c3ccccc23)C1. The fraction of sp³-hybridized carbons (Fsp3) is 0.348. The van der Waals surface area contributed by atoms with Crippen molar-refractivity contribution < 1.29 is 4.79 Å². The molecule has 0 saturated carbocycles. The first kappa shape index (κ1) is 19.3. The maximum absolute atomic E-state index is 13.0. The molecule has 0 unspecified atom stereocenters. The number of piperidine rings is 1. The van der Waals surface area contributed by atoms with E-state index in [2.05, 4.69) is 22.2 Å². The lowest BCUT2D eigenvalue weighted by Gasteiger charge is -2.30. The third-order valence-electron chi connectivity index (χ3n) is 5.48. The average Bonchev–Trinajstić information content (AvgIpc) is 2.75. The van der Waals surface area contributed by atoms with Crippen LogP contribution in [0.5, 0.6) is 0 Å². The summed E-state index contributed by atoms with van der Waals surface area (Å²) in [6.07, 6.45) is 2.49. The van der Waals surface area contributed by atoms with Crippen molar-refractivity contribution in [3.63, 3.8) is 0 Å². The van der Waals surface area contributed by atoms with E-state index in [4.69, 9.17) is 0 Å². The van der Waals surface area contributed by atoms with Gasteiger partial charge in [-0.25, -0.2) is 0 Å². The number of carbonyl (C=O) groups excluding carboxylic acids is 1.